The second kappa shape index (κ2) is 4.82. The van der Waals surface area contributed by atoms with Gasteiger partial charge < -0.3 is 10.2 Å². The van der Waals surface area contributed by atoms with E-state index in [1.54, 1.807) is 17.0 Å². The van der Waals surface area contributed by atoms with Crippen molar-refractivity contribution < 1.29 is 4.79 Å². The molecule has 0 spiro atoms. The van der Waals surface area contributed by atoms with Crippen LogP contribution in [-0.4, -0.2) is 18.5 Å². The van der Waals surface area contributed by atoms with Crippen molar-refractivity contribution in [3.05, 3.63) is 34.3 Å². The Kier molecular flexibility index (Phi) is 3.55. The quantitative estimate of drug-likeness (QED) is 0.840. The lowest BCUT2D eigenvalue weighted by Crippen LogP contribution is -2.46. The third-order valence-electron chi connectivity index (χ3n) is 2.77. The van der Waals surface area contributed by atoms with E-state index in [2.05, 4.69) is 11.9 Å². The van der Waals surface area contributed by atoms with Crippen LogP contribution < -0.4 is 10.2 Å². The lowest BCUT2D eigenvalue weighted by atomic mass is 10.1. The molecule has 96 valence electrons. The van der Waals surface area contributed by atoms with Crippen LogP contribution in [-0.2, 0) is 4.79 Å². The Morgan fingerprint density at radius 3 is 2.67 bits per heavy atom. The van der Waals surface area contributed by atoms with Crippen molar-refractivity contribution in [1.29, 1.82) is 0 Å². The fraction of sp³-hybridized carbons (Fsp3) is 0.308. The van der Waals surface area contributed by atoms with E-state index >= 15 is 0 Å². The van der Waals surface area contributed by atoms with Gasteiger partial charge in [0.2, 0.25) is 5.91 Å². The molecule has 1 aromatic rings. The van der Waals surface area contributed by atoms with Gasteiger partial charge in [0.15, 0.2) is 0 Å². The van der Waals surface area contributed by atoms with Gasteiger partial charge in [0.05, 0.1) is 21.4 Å². The number of amides is 1. The Labute approximate surface area is 116 Å². The molecule has 2 rings (SSSR count). The molecule has 1 aromatic carbocycles. The predicted octanol–water partition coefficient (Wildman–Crippen LogP) is 3.72. The number of nitrogens with zero attached hydrogens (tertiary/aromatic N) is 1. The summed E-state index contributed by atoms with van der Waals surface area (Å²) in [5, 5.41) is 4.03. The summed E-state index contributed by atoms with van der Waals surface area (Å²) in [6.07, 6.45) is 0. The molecule has 18 heavy (non-hydrogen) atoms. The molecule has 0 radical (unpaired) electrons. The van der Waals surface area contributed by atoms with Crippen LogP contribution >= 0.6 is 23.2 Å². The predicted molar refractivity (Wildman–Crippen MR) is 76.7 cm³/mol. The van der Waals surface area contributed by atoms with Gasteiger partial charge in [-0.15, -0.1) is 0 Å². The smallest absolute Gasteiger partial charge is 0.249 e. The third kappa shape index (κ3) is 2.33. The lowest BCUT2D eigenvalue weighted by Gasteiger charge is -2.34. The van der Waals surface area contributed by atoms with Crippen LogP contribution in [0, 0.1) is 0 Å². The van der Waals surface area contributed by atoms with Gasteiger partial charge in [-0.2, -0.15) is 0 Å². The number of carbonyl (C=O) groups excluding carboxylic acids is 1. The number of benzene rings is 1. The highest BCUT2D eigenvalue weighted by Gasteiger charge is 2.30. The zero-order valence-corrected chi connectivity index (χ0v) is 11.8. The highest BCUT2D eigenvalue weighted by atomic mass is 35.5. The van der Waals surface area contributed by atoms with Gasteiger partial charge in [0.1, 0.15) is 6.04 Å². The lowest BCUT2D eigenvalue weighted by molar-refractivity contribution is -0.119. The maximum absolute atomic E-state index is 12.2. The van der Waals surface area contributed by atoms with Crippen LogP contribution in [0.1, 0.15) is 13.8 Å². The number of anilines is 2. The van der Waals surface area contributed by atoms with Crippen molar-refractivity contribution in [3.8, 4) is 0 Å². The fourth-order valence-electron chi connectivity index (χ4n) is 1.96. The summed E-state index contributed by atoms with van der Waals surface area (Å²) in [5.41, 5.74) is 2.47. The number of fused-ring (bicyclic) bond motifs is 1. The summed E-state index contributed by atoms with van der Waals surface area (Å²) in [7, 11) is 0. The van der Waals surface area contributed by atoms with E-state index in [0.29, 0.717) is 16.6 Å². The van der Waals surface area contributed by atoms with E-state index in [-0.39, 0.29) is 11.9 Å². The second-order valence-corrected chi connectivity index (χ2v) is 5.35. The minimum Gasteiger partial charge on any atom is -0.372 e. The topological polar surface area (TPSA) is 32.3 Å². The van der Waals surface area contributed by atoms with Gasteiger partial charge in [-0.3, -0.25) is 4.79 Å². The Morgan fingerprint density at radius 2 is 2.06 bits per heavy atom. The molecule has 1 aliphatic heterocycles. The van der Waals surface area contributed by atoms with Gasteiger partial charge >= 0.3 is 0 Å². The summed E-state index contributed by atoms with van der Waals surface area (Å²) < 4.78 is 0. The molecule has 3 nitrogen and oxygen atoms in total. The van der Waals surface area contributed by atoms with Crippen molar-refractivity contribution in [2.24, 2.45) is 0 Å². The first-order valence-corrected chi connectivity index (χ1v) is 6.37. The first-order valence-electron chi connectivity index (χ1n) is 5.61. The first-order chi connectivity index (χ1) is 8.40. The molecule has 0 aliphatic carbocycles. The van der Waals surface area contributed by atoms with Crippen LogP contribution in [0.2, 0.25) is 10.0 Å². The standard InChI is InChI=1S/C13H14Cl2N2O/c1-7(2)6-17-12-5-10(15)9(14)4-11(12)16-8(3)13(17)18/h4-5,8,16H,1,6H2,2-3H3. The Bertz CT molecular complexity index is 528. The molecule has 5 heteroatoms. The highest BCUT2D eigenvalue weighted by molar-refractivity contribution is 6.42. The summed E-state index contributed by atoms with van der Waals surface area (Å²) in [5.74, 6) is 0.00360. The summed E-state index contributed by atoms with van der Waals surface area (Å²) >= 11 is 12.0. The molecule has 1 N–H and O–H groups in total. The number of carbonyl (C=O) groups is 1. The summed E-state index contributed by atoms with van der Waals surface area (Å²) in [6.45, 7) is 8.03. The molecule has 0 aromatic heterocycles. The van der Waals surface area contributed by atoms with E-state index in [9.17, 15) is 4.79 Å². The minimum absolute atomic E-state index is 0.00360. The maximum atomic E-state index is 12.2. The van der Waals surface area contributed by atoms with E-state index < -0.39 is 0 Å². The van der Waals surface area contributed by atoms with Crippen LogP contribution in [0.25, 0.3) is 0 Å². The molecule has 1 amide bonds. The molecule has 0 fully saturated rings. The summed E-state index contributed by atoms with van der Waals surface area (Å²) in [6, 6.07) is 3.17. The van der Waals surface area contributed by atoms with Crippen LogP contribution in [0.15, 0.2) is 24.3 Å². The number of halogens is 2. The summed E-state index contributed by atoms with van der Waals surface area (Å²) in [4.78, 5) is 13.8. The van der Waals surface area contributed by atoms with Crippen molar-refractivity contribution in [3.63, 3.8) is 0 Å². The van der Waals surface area contributed by atoms with E-state index in [1.165, 1.54) is 0 Å². The Balaban J connectivity index is 2.51. The van der Waals surface area contributed by atoms with Crippen molar-refractivity contribution in [1.82, 2.24) is 0 Å². The van der Waals surface area contributed by atoms with Crippen LogP contribution in [0.5, 0.6) is 0 Å². The van der Waals surface area contributed by atoms with Crippen molar-refractivity contribution in [2.45, 2.75) is 19.9 Å². The van der Waals surface area contributed by atoms with E-state index in [0.717, 1.165) is 16.9 Å². The number of rotatable bonds is 2. The molecule has 1 aliphatic rings. The van der Waals surface area contributed by atoms with E-state index in [4.69, 9.17) is 23.2 Å². The molecule has 1 atom stereocenters. The molecule has 0 saturated carbocycles. The number of hydrogen-bond donors (Lipinski definition) is 1. The van der Waals surface area contributed by atoms with Crippen molar-refractivity contribution in [2.75, 3.05) is 16.8 Å². The number of hydrogen-bond acceptors (Lipinski definition) is 2. The van der Waals surface area contributed by atoms with Gasteiger partial charge in [-0.05, 0) is 26.0 Å². The highest BCUT2D eigenvalue weighted by Crippen LogP contribution is 2.38. The zero-order chi connectivity index (χ0) is 13.4. The molecule has 1 unspecified atom stereocenters. The molecule has 0 bridgehead atoms. The average molecular weight is 285 g/mol. The van der Waals surface area contributed by atoms with Gasteiger partial charge in [0.25, 0.3) is 0 Å². The molecular weight excluding hydrogens is 271 g/mol. The van der Waals surface area contributed by atoms with E-state index in [1.807, 2.05) is 13.8 Å². The van der Waals surface area contributed by atoms with Crippen molar-refractivity contribution >= 4 is 40.5 Å². The largest absolute Gasteiger partial charge is 0.372 e. The second-order valence-electron chi connectivity index (χ2n) is 4.53. The van der Waals surface area contributed by atoms with Gasteiger partial charge in [0, 0.05) is 6.54 Å². The molecular formula is C13H14Cl2N2O. The average Bonchev–Trinajstić information content (AvgIpc) is 2.28. The monoisotopic (exact) mass is 284 g/mol. The van der Waals surface area contributed by atoms with Crippen LogP contribution in [0.3, 0.4) is 0 Å². The fourth-order valence-corrected chi connectivity index (χ4v) is 2.28. The Hall–Kier alpha value is -1.19. The van der Waals surface area contributed by atoms with Gasteiger partial charge in [-0.25, -0.2) is 0 Å². The number of nitrogens with one attached hydrogen (secondary N) is 1. The SMILES string of the molecule is C=C(C)CN1C(=O)C(C)Nc2cc(Cl)c(Cl)cc21. The normalized spacial score (nSPS) is 18.3. The maximum Gasteiger partial charge on any atom is 0.249 e. The molecule has 1 heterocycles. The minimum atomic E-state index is -0.283. The zero-order valence-electron chi connectivity index (χ0n) is 10.3. The molecule has 0 saturated heterocycles. The first kappa shape index (κ1) is 13.2. The van der Waals surface area contributed by atoms with Crippen LogP contribution in [0.4, 0.5) is 11.4 Å². The third-order valence-corrected chi connectivity index (χ3v) is 3.49. The van der Waals surface area contributed by atoms with Gasteiger partial charge in [-0.1, -0.05) is 35.4 Å². The Morgan fingerprint density at radius 1 is 1.44 bits per heavy atom.